The van der Waals surface area contributed by atoms with E-state index in [0.29, 0.717) is 25.4 Å². The van der Waals surface area contributed by atoms with Crippen molar-refractivity contribution >= 4 is 9.84 Å². The summed E-state index contributed by atoms with van der Waals surface area (Å²) in [5, 5.41) is 8.76. The Bertz CT molecular complexity index is 549. The molecule has 0 unspecified atom stereocenters. The molecular formula is C14H19NO4S. The van der Waals surface area contributed by atoms with Crippen LogP contribution in [-0.2, 0) is 19.3 Å². The van der Waals surface area contributed by atoms with Crippen molar-refractivity contribution in [2.75, 3.05) is 32.2 Å². The second-order valence-electron chi connectivity index (χ2n) is 4.18. The molecule has 0 aliphatic carbocycles. The van der Waals surface area contributed by atoms with Crippen LogP contribution in [0.2, 0.25) is 0 Å². The molecule has 0 radical (unpaired) electrons. The van der Waals surface area contributed by atoms with Gasteiger partial charge in [-0.1, -0.05) is 13.0 Å². The molecule has 0 aliphatic heterocycles. The maximum atomic E-state index is 12.0. The number of ether oxygens (including phenoxy) is 2. The quantitative estimate of drug-likeness (QED) is 0.649. The Morgan fingerprint density at radius 1 is 1.15 bits per heavy atom. The first-order valence-electron chi connectivity index (χ1n) is 6.48. The highest BCUT2D eigenvalue weighted by Crippen LogP contribution is 2.12. The lowest BCUT2D eigenvalue weighted by Gasteiger charge is -2.06. The normalized spacial score (nSPS) is 11.2. The molecule has 1 aromatic rings. The van der Waals surface area contributed by atoms with Crippen LogP contribution in [-0.4, -0.2) is 40.6 Å². The fourth-order valence-electron chi connectivity index (χ4n) is 1.51. The lowest BCUT2D eigenvalue weighted by molar-refractivity contribution is 0.0537. The summed E-state index contributed by atoms with van der Waals surface area (Å²) < 4.78 is 34.5. The minimum atomic E-state index is -3.41. The summed E-state index contributed by atoms with van der Waals surface area (Å²) in [6, 6.07) is 7.91. The van der Waals surface area contributed by atoms with Crippen LogP contribution in [0.15, 0.2) is 29.2 Å². The fourth-order valence-corrected chi connectivity index (χ4v) is 2.68. The Kier molecular flexibility index (Phi) is 7.23. The summed E-state index contributed by atoms with van der Waals surface area (Å²) >= 11 is 0. The van der Waals surface area contributed by atoms with E-state index >= 15 is 0 Å². The number of hydrogen-bond acceptors (Lipinski definition) is 5. The third kappa shape index (κ3) is 5.70. The zero-order chi connectivity index (χ0) is 14.8. The van der Waals surface area contributed by atoms with E-state index in [1.54, 1.807) is 12.1 Å². The fraction of sp³-hybridized carbons (Fsp3) is 0.500. The van der Waals surface area contributed by atoms with Crippen LogP contribution in [0.3, 0.4) is 0 Å². The first-order chi connectivity index (χ1) is 9.60. The van der Waals surface area contributed by atoms with E-state index in [-0.39, 0.29) is 17.3 Å². The Hall–Kier alpha value is -1.42. The maximum Gasteiger partial charge on any atom is 0.180 e. The second kappa shape index (κ2) is 8.69. The van der Waals surface area contributed by atoms with Crippen LogP contribution in [0, 0.1) is 11.3 Å². The van der Waals surface area contributed by atoms with Gasteiger partial charge in [0.1, 0.15) is 0 Å². The summed E-state index contributed by atoms with van der Waals surface area (Å²) in [6.07, 6.45) is 0.948. The van der Waals surface area contributed by atoms with E-state index in [9.17, 15) is 8.42 Å². The third-order valence-electron chi connectivity index (χ3n) is 2.54. The molecule has 1 rings (SSSR count). The number of nitriles is 1. The van der Waals surface area contributed by atoms with Gasteiger partial charge in [0.15, 0.2) is 9.84 Å². The van der Waals surface area contributed by atoms with E-state index in [0.717, 1.165) is 6.42 Å². The minimum Gasteiger partial charge on any atom is -0.379 e. The Morgan fingerprint density at radius 2 is 1.85 bits per heavy atom. The topological polar surface area (TPSA) is 76.4 Å². The summed E-state index contributed by atoms with van der Waals surface area (Å²) in [4.78, 5) is 0.155. The molecular weight excluding hydrogens is 278 g/mol. The molecule has 0 saturated carbocycles. The molecule has 0 bridgehead atoms. The van der Waals surface area contributed by atoms with Crippen molar-refractivity contribution in [3.05, 3.63) is 29.8 Å². The van der Waals surface area contributed by atoms with Gasteiger partial charge in [-0.05, 0) is 24.6 Å². The van der Waals surface area contributed by atoms with Crippen molar-refractivity contribution in [3.8, 4) is 6.07 Å². The summed E-state index contributed by atoms with van der Waals surface area (Å²) in [6.45, 7) is 3.67. The van der Waals surface area contributed by atoms with Gasteiger partial charge in [-0.3, -0.25) is 0 Å². The first kappa shape index (κ1) is 16.6. The van der Waals surface area contributed by atoms with E-state index in [2.05, 4.69) is 0 Å². The molecule has 0 spiro atoms. The van der Waals surface area contributed by atoms with Gasteiger partial charge < -0.3 is 9.47 Å². The smallest absolute Gasteiger partial charge is 0.180 e. The van der Waals surface area contributed by atoms with E-state index in [1.165, 1.54) is 12.1 Å². The number of benzene rings is 1. The van der Waals surface area contributed by atoms with Crippen molar-refractivity contribution in [2.45, 2.75) is 18.2 Å². The zero-order valence-corrected chi connectivity index (χ0v) is 12.4. The standard InChI is InChI=1S/C14H19NO4S/c1-2-6-18-7-8-19-9-10-20(16,17)14-5-3-4-13(11-14)12-15/h3-5,11H,2,6-10H2,1H3. The molecule has 110 valence electrons. The molecule has 0 fully saturated rings. The SMILES string of the molecule is CCCOCCOCCS(=O)(=O)c1cccc(C#N)c1. The molecule has 0 N–H and O–H groups in total. The van der Waals surface area contributed by atoms with Gasteiger partial charge in [-0.25, -0.2) is 8.42 Å². The van der Waals surface area contributed by atoms with Gasteiger partial charge in [0.25, 0.3) is 0 Å². The van der Waals surface area contributed by atoms with Gasteiger partial charge in [0.05, 0.1) is 42.1 Å². The predicted molar refractivity (Wildman–Crippen MR) is 75.1 cm³/mol. The molecule has 0 atom stereocenters. The molecule has 0 aromatic heterocycles. The van der Waals surface area contributed by atoms with Crippen molar-refractivity contribution in [2.24, 2.45) is 0 Å². The van der Waals surface area contributed by atoms with Gasteiger partial charge in [0.2, 0.25) is 0 Å². The highest BCUT2D eigenvalue weighted by Gasteiger charge is 2.14. The number of sulfone groups is 1. The van der Waals surface area contributed by atoms with Gasteiger partial charge in [-0.2, -0.15) is 5.26 Å². The Balaban J connectivity index is 2.40. The molecule has 0 aliphatic rings. The molecule has 1 aromatic carbocycles. The van der Waals surface area contributed by atoms with Crippen LogP contribution < -0.4 is 0 Å². The number of nitrogens with zero attached hydrogens (tertiary/aromatic N) is 1. The summed E-state index contributed by atoms with van der Waals surface area (Å²) in [5.74, 6) is -0.102. The molecule has 0 saturated heterocycles. The monoisotopic (exact) mass is 297 g/mol. The first-order valence-corrected chi connectivity index (χ1v) is 8.14. The van der Waals surface area contributed by atoms with Crippen LogP contribution >= 0.6 is 0 Å². The highest BCUT2D eigenvalue weighted by atomic mass is 32.2. The molecule has 0 heterocycles. The average Bonchev–Trinajstić information content (AvgIpc) is 2.46. The van der Waals surface area contributed by atoms with Crippen molar-refractivity contribution < 1.29 is 17.9 Å². The summed E-state index contributed by atoms with van der Waals surface area (Å²) in [5.41, 5.74) is 0.333. The zero-order valence-electron chi connectivity index (χ0n) is 11.5. The van der Waals surface area contributed by atoms with Crippen LogP contribution in [0.25, 0.3) is 0 Å². The van der Waals surface area contributed by atoms with Crippen molar-refractivity contribution in [3.63, 3.8) is 0 Å². The Morgan fingerprint density at radius 3 is 2.50 bits per heavy atom. The average molecular weight is 297 g/mol. The van der Waals surface area contributed by atoms with E-state index in [4.69, 9.17) is 14.7 Å². The lowest BCUT2D eigenvalue weighted by Crippen LogP contribution is -2.14. The third-order valence-corrected chi connectivity index (χ3v) is 4.22. The number of hydrogen-bond donors (Lipinski definition) is 0. The largest absolute Gasteiger partial charge is 0.379 e. The highest BCUT2D eigenvalue weighted by molar-refractivity contribution is 7.91. The summed E-state index contributed by atoms with van der Waals surface area (Å²) in [7, 11) is -3.41. The van der Waals surface area contributed by atoms with Crippen molar-refractivity contribution in [1.82, 2.24) is 0 Å². The van der Waals surface area contributed by atoms with Gasteiger partial charge in [0, 0.05) is 6.61 Å². The van der Waals surface area contributed by atoms with Gasteiger partial charge >= 0.3 is 0 Å². The van der Waals surface area contributed by atoms with Crippen LogP contribution in [0.4, 0.5) is 0 Å². The van der Waals surface area contributed by atoms with Gasteiger partial charge in [-0.15, -0.1) is 0 Å². The molecule has 5 nitrogen and oxygen atoms in total. The molecule has 0 amide bonds. The van der Waals surface area contributed by atoms with Crippen LogP contribution in [0.5, 0.6) is 0 Å². The lowest BCUT2D eigenvalue weighted by atomic mass is 10.2. The van der Waals surface area contributed by atoms with Crippen LogP contribution in [0.1, 0.15) is 18.9 Å². The van der Waals surface area contributed by atoms with E-state index < -0.39 is 9.84 Å². The molecule has 6 heteroatoms. The molecule has 20 heavy (non-hydrogen) atoms. The maximum absolute atomic E-state index is 12.0. The predicted octanol–water partition coefficient (Wildman–Crippen LogP) is 1.78. The number of rotatable bonds is 9. The minimum absolute atomic E-state index is 0.102. The van der Waals surface area contributed by atoms with E-state index in [1.807, 2.05) is 13.0 Å². The van der Waals surface area contributed by atoms with Crippen molar-refractivity contribution in [1.29, 1.82) is 5.26 Å². The Labute approximate surface area is 120 Å². The second-order valence-corrected chi connectivity index (χ2v) is 6.29.